The summed E-state index contributed by atoms with van der Waals surface area (Å²) in [6.07, 6.45) is 4.88. The van der Waals surface area contributed by atoms with Crippen molar-refractivity contribution in [3.8, 4) is 28.4 Å². The average Bonchev–Trinajstić information content (AvgIpc) is 3.29. The molecule has 2 aliphatic rings. The van der Waals surface area contributed by atoms with Crippen LogP contribution in [0.25, 0.3) is 11.1 Å². The molecular weight excluding hydrogens is 480 g/mol. The minimum Gasteiger partial charge on any atom is -0.493 e. The summed E-state index contributed by atoms with van der Waals surface area (Å²) in [4.78, 5) is 11.1. The zero-order chi connectivity index (χ0) is 26.5. The molecule has 0 aromatic heterocycles. The normalized spacial score (nSPS) is 18.5. The van der Waals surface area contributed by atoms with Gasteiger partial charge in [-0.1, -0.05) is 24.3 Å². The van der Waals surface area contributed by atoms with Gasteiger partial charge in [0.15, 0.2) is 0 Å². The number of aliphatic carboxylic acids is 1. The summed E-state index contributed by atoms with van der Waals surface area (Å²) < 4.78 is 23.7. The lowest BCUT2D eigenvalue weighted by Gasteiger charge is -2.22. The van der Waals surface area contributed by atoms with Gasteiger partial charge >= 0.3 is 5.97 Å². The van der Waals surface area contributed by atoms with E-state index in [1.54, 1.807) is 0 Å². The number of carboxylic acids is 1. The fourth-order valence-corrected chi connectivity index (χ4v) is 5.52. The number of carboxylic acid groups (broad SMARTS) is 1. The number of carbonyl (C=O) groups is 1. The molecule has 0 aliphatic carbocycles. The minimum atomic E-state index is -0.816. The zero-order valence-corrected chi connectivity index (χ0v) is 22.2. The highest BCUT2D eigenvalue weighted by Gasteiger charge is 2.26. The first-order valence-corrected chi connectivity index (χ1v) is 13.5. The lowest BCUT2D eigenvalue weighted by molar-refractivity contribution is -0.137. The van der Waals surface area contributed by atoms with Crippen molar-refractivity contribution < 1.29 is 28.8 Å². The van der Waals surface area contributed by atoms with E-state index in [2.05, 4.69) is 50.2 Å². The molecule has 2 aliphatic heterocycles. The molecule has 2 heterocycles. The van der Waals surface area contributed by atoms with Gasteiger partial charge in [-0.25, -0.2) is 0 Å². The van der Waals surface area contributed by atoms with E-state index in [1.165, 1.54) is 29.5 Å². The van der Waals surface area contributed by atoms with Crippen molar-refractivity contribution in [2.45, 2.75) is 64.6 Å². The van der Waals surface area contributed by atoms with Crippen molar-refractivity contribution in [1.29, 1.82) is 0 Å². The summed E-state index contributed by atoms with van der Waals surface area (Å²) in [7, 11) is 0. The first-order valence-electron chi connectivity index (χ1n) is 13.5. The largest absolute Gasteiger partial charge is 0.493 e. The predicted molar refractivity (Wildman–Crippen MR) is 146 cm³/mol. The molecule has 0 saturated carbocycles. The molecule has 0 amide bonds. The lowest BCUT2D eigenvalue weighted by Crippen LogP contribution is -2.21. The third kappa shape index (κ3) is 6.30. The van der Waals surface area contributed by atoms with Crippen molar-refractivity contribution >= 4 is 5.97 Å². The molecule has 1 fully saturated rings. The molecule has 6 heteroatoms. The molecule has 2 atom stereocenters. The topological polar surface area (TPSA) is 74.2 Å². The van der Waals surface area contributed by atoms with Gasteiger partial charge in [0, 0.05) is 30.6 Å². The van der Waals surface area contributed by atoms with Gasteiger partial charge in [-0.05, 0) is 85.2 Å². The Morgan fingerprint density at radius 1 is 1.00 bits per heavy atom. The van der Waals surface area contributed by atoms with E-state index in [0.29, 0.717) is 37.4 Å². The van der Waals surface area contributed by atoms with Crippen LogP contribution in [0.5, 0.6) is 17.2 Å². The van der Waals surface area contributed by atoms with E-state index in [4.69, 9.17) is 24.1 Å². The standard InChI is InChI=1S/C32H36O6/c1-21-14-28(36-13-11-26-8-3-4-12-35-26)15-22(2)32(21)24-7-5-6-23(16-24)19-37-27-9-10-29-25(17-31(33)34)20-38-30(29)18-27/h5-7,9-10,14-16,18,25-26H,3-4,8,11-13,17,19-20H2,1-2H3,(H,33,34)/t25?,26-/m0/s1. The van der Waals surface area contributed by atoms with E-state index < -0.39 is 5.97 Å². The third-order valence-corrected chi connectivity index (χ3v) is 7.40. The van der Waals surface area contributed by atoms with Gasteiger partial charge in [0.05, 0.1) is 25.7 Å². The Morgan fingerprint density at radius 3 is 2.61 bits per heavy atom. The highest BCUT2D eigenvalue weighted by Crippen LogP contribution is 2.38. The summed E-state index contributed by atoms with van der Waals surface area (Å²) in [6, 6.07) is 18.3. The predicted octanol–water partition coefficient (Wildman–Crippen LogP) is 6.84. The molecule has 1 unspecified atom stereocenters. The molecule has 200 valence electrons. The quantitative estimate of drug-likeness (QED) is 0.318. The molecule has 0 bridgehead atoms. The maximum absolute atomic E-state index is 11.1. The summed E-state index contributed by atoms with van der Waals surface area (Å²) in [5.41, 5.74) is 6.72. The second-order valence-corrected chi connectivity index (χ2v) is 10.4. The van der Waals surface area contributed by atoms with Crippen molar-refractivity contribution in [2.24, 2.45) is 0 Å². The summed E-state index contributed by atoms with van der Waals surface area (Å²) in [5, 5.41) is 9.11. The zero-order valence-electron chi connectivity index (χ0n) is 22.2. The van der Waals surface area contributed by atoms with Crippen molar-refractivity contribution in [1.82, 2.24) is 0 Å². The smallest absolute Gasteiger partial charge is 0.304 e. The van der Waals surface area contributed by atoms with E-state index in [1.807, 2.05) is 18.2 Å². The number of hydrogen-bond donors (Lipinski definition) is 1. The number of benzene rings is 3. The molecule has 0 spiro atoms. The minimum absolute atomic E-state index is 0.0708. The van der Waals surface area contributed by atoms with Gasteiger partial charge in [0.2, 0.25) is 0 Å². The number of hydrogen-bond acceptors (Lipinski definition) is 5. The number of aryl methyl sites for hydroxylation is 2. The average molecular weight is 517 g/mol. The SMILES string of the molecule is Cc1cc(OCC[C@@H]2CCCCO2)cc(C)c1-c1cccc(COc2ccc3c(c2)OCC3CC(=O)O)c1. The van der Waals surface area contributed by atoms with Crippen molar-refractivity contribution in [3.05, 3.63) is 76.9 Å². The van der Waals surface area contributed by atoms with Crippen LogP contribution in [-0.4, -0.2) is 37.0 Å². The fourth-order valence-electron chi connectivity index (χ4n) is 5.52. The van der Waals surface area contributed by atoms with Crippen LogP contribution < -0.4 is 14.2 Å². The third-order valence-electron chi connectivity index (χ3n) is 7.40. The van der Waals surface area contributed by atoms with Crippen molar-refractivity contribution in [2.75, 3.05) is 19.8 Å². The van der Waals surface area contributed by atoms with Crippen LogP contribution in [0.4, 0.5) is 0 Å². The van der Waals surface area contributed by atoms with Crippen molar-refractivity contribution in [3.63, 3.8) is 0 Å². The molecule has 1 saturated heterocycles. The monoisotopic (exact) mass is 516 g/mol. The van der Waals surface area contributed by atoms with Gasteiger partial charge in [-0.2, -0.15) is 0 Å². The maximum atomic E-state index is 11.1. The summed E-state index contributed by atoms with van der Waals surface area (Å²) in [6.45, 7) is 6.62. The first kappa shape index (κ1) is 26.1. The highest BCUT2D eigenvalue weighted by molar-refractivity contribution is 5.72. The molecule has 0 radical (unpaired) electrons. The van der Waals surface area contributed by atoms with Gasteiger partial charge in [-0.3, -0.25) is 4.79 Å². The Bertz CT molecular complexity index is 1250. The van der Waals surface area contributed by atoms with E-state index in [-0.39, 0.29) is 12.3 Å². The van der Waals surface area contributed by atoms with Gasteiger partial charge < -0.3 is 24.1 Å². The number of ether oxygens (including phenoxy) is 4. The second-order valence-electron chi connectivity index (χ2n) is 10.4. The van der Waals surface area contributed by atoms with Crippen LogP contribution in [0.3, 0.4) is 0 Å². The van der Waals surface area contributed by atoms with Crippen LogP contribution in [0.1, 0.15) is 60.3 Å². The van der Waals surface area contributed by atoms with Crippen LogP contribution in [0.15, 0.2) is 54.6 Å². The number of fused-ring (bicyclic) bond motifs is 1. The molecule has 5 rings (SSSR count). The van der Waals surface area contributed by atoms with E-state index in [0.717, 1.165) is 41.9 Å². The van der Waals surface area contributed by atoms with Crippen LogP contribution in [0, 0.1) is 13.8 Å². The molecule has 1 N–H and O–H groups in total. The van der Waals surface area contributed by atoms with E-state index >= 15 is 0 Å². The molecule has 38 heavy (non-hydrogen) atoms. The molecular formula is C32H36O6. The first-order chi connectivity index (χ1) is 18.5. The van der Waals surface area contributed by atoms with Gasteiger partial charge in [0.1, 0.15) is 23.9 Å². The summed E-state index contributed by atoms with van der Waals surface area (Å²) >= 11 is 0. The van der Waals surface area contributed by atoms with Gasteiger partial charge in [-0.15, -0.1) is 0 Å². The maximum Gasteiger partial charge on any atom is 0.304 e. The molecule has 3 aromatic rings. The molecule has 3 aromatic carbocycles. The van der Waals surface area contributed by atoms with Crippen LogP contribution >= 0.6 is 0 Å². The number of rotatable bonds is 10. The van der Waals surface area contributed by atoms with Gasteiger partial charge in [0.25, 0.3) is 0 Å². The van der Waals surface area contributed by atoms with Crippen LogP contribution in [0.2, 0.25) is 0 Å². The fraction of sp³-hybridized carbons (Fsp3) is 0.406. The van der Waals surface area contributed by atoms with Crippen LogP contribution in [-0.2, 0) is 16.1 Å². The second kappa shape index (κ2) is 11.9. The Hall–Kier alpha value is -3.51. The summed E-state index contributed by atoms with van der Waals surface area (Å²) in [5.74, 6) is 1.40. The lowest BCUT2D eigenvalue weighted by atomic mass is 9.94. The Balaban J connectivity index is 1.22. The van der Waals surface area contributed by atoms with E-state index in [9.17, 15) is 4.79 Å². The highest BCUT2D eigenvalue weighted by atomic mass is 16.5. The molecule has 6 nitrogen and oxygen atoms in total. The Labute approximate surface area is 224 Å². The Kier molecular flexibility index (Phi) is 8.18. The Morgan fingerprint density at radius 2 is 1.84 bits per heavy atom.